The number of hydrogen-bond donors (Lipinski definition) is 3. The number of aliphatic hydroxyl groups is 2. The highest BCUT2D eigenvalue weighted by molar-refractivity contribution is 6.21. The minimum absolute atomic E-state index is 0. The smallest absolute Gasteiger partial charge is 0.194 e. The number of ether oxygens (including phenoxy) is 1. The van der Waals surface area contributed by atoms with Gasteiger partial charge < -0.3 is 20.7 Å². The molecule has 0 saturated heterocycles. The first-order valence-corrected chi connectivity index (χ1v) is 10.5. The van der Waals surface area contributed by atoms with Crippen molar-refractivity contribution in [3.8, 4) is 16.9 Å². The molecule has 0 amide bonds. The number of unbranched alkanes of at least 4 members (excludes halogenated alkanes) is 3. The van der Waals surface area contributed by atoms with E-state index in [1.54, 1.807) is 0 Å². The summed E-state index contributed by atoms with van der Waals surface area (Å²) < 4.78 is 5.84. The van der Waals surface area contributed by atoms with Crippen LogP contribution in [0.3, 0.4) is 0 Å². The Morgan fingerprint density at radius 3 is 2.37 bits per heavy atom. The van der Waals surface area contributed by atoms with E-state index in [9.17, 15) is 15.0 Å². The zero-order valence-corrected chi connectivity index (χ0v) is 18.3. The summed E-state index contributed by atoms with van der Waals surface area (Å²) in [5.74, 6) is 0.761. The molecule has 0 aliphatic heterocycles. The highest BCUT2D eigenvalue weighted by Crippen LogP contribution is 2.39. The van der Waals surface area contributed by atoms with Gasteiger partial charge in [0.1, 0.15) is 5.75 Å². The van der Waals surface area contributed by atoms with Crippen LogP contribution in [-0.4, -0.2) is 41.4 Å². The molecule has 2 aromatic rings. The molecule has 0 heterocycles. The normalized spacial score (nSPS) is 12.3. The van der Waals surface area contributed by atoms with E-state index in [1.165, 1.54) is 12.8 Å². The molecule has 164 valence electrons. The Morgan fingerprint density at radius 1 is 0.933 bits per heavy atom. The van der Waals surface area contributed by atoms with Gasteiger partial charge in [-0.2, -0.15) is 0 Å². The fourth-order valence-corrected chi connectivity index (χ4v) is 3.67. The lowest BCUT2D eigenvalue weighted by atomic mass is 9.92. The molecule has 0 saturated carbocycles. The van der Waals surface area contributed by atoms with Crippen molar-refractivity contribution >= 4 is 18.2 Å². The summed E-state index contributed by atoms with van der Waals surface area (Å²) in [6, 6.07) is 11.5. The van der Waals surface area contributed by atoms with E-state index >= 15 is 0 Å². The van der Waals surface area contributed by atoms with Crippen molar-refractivity contribution in [1.82, 2.24) is 0 Å². The Labute approximate surface area is 184 Å². The molecule has 0 radical (unpaired) electrons. The van der Waals surface area contributed by atoms with Gasteiger partial charge in [0.05, 0.1) is 25.4 Å². The Morgan fingerprint density at radius 2 is 1.67 bits per heavy atom. The maximum Gasteiger partial charge on any atom is 0.194 e. The maximum absolute atomic E-state index is 12.8. The molecular weight excluding hydrogens is 402 g/mol. The van der Waals surface area contributed by atoms with Crippen LogP contribution in [0.2, 0.25) is 0 Å². The molecule has 0 bridgehead atoms. The Balaban J connectivity index is 0.00000320. The first kappa shape index (κ1) is 24.4. The molecule has 0 fully saturated rings. The van der Waals surface area contributed by atoms with E-state index in [2.05, 4.69) is 6.92 Å². The number of rotatable bonds is 11. The average Bonchev–Trinajstić information content (AvgIpc) is 3.03. The average molecular weight is 434 g/mol. The lowest BCUT2D eigenvalue weighted by molar-refractivity contribution is 0.104. The van der Waals surface area contributed by atoms with Gasteiger partial charge in [-0.1, -0.05) is 44.4 Å². The van der Waals surface area contributed by atoms with Crippen LogP contribution in [0.25, 0.3) is 11.1 Å². The molecule has 5 nitrogen and oxygen atoms in total. The molecule has 4 N–H and O–H groups in total. The number of benzene rings is 2. The van der Waals surface area contributed by atoms with Crippen molar-refractivity contribution in [3.63, 3.8) is 0 Å². The second-order valence-corrected chi connectivity index (χ2v) is 8.00. The van der Waals surface area contributed by atoms with Crippen LogP contribution in [0.15, 0.2) is 36.4 Å². The van der Waals surface area contributed by atoms with Gasteiger partial charge in [0.25, 0.3) is 0 Å². The lowest BCUT2D eigenvalue weighted by Crippen LogP contribution is -2.47. The number of ketones is 1. The second-order valence-electron chi connectivity index (χ2n) is 8.00. The van der Waals surface area contributed by atoms with Crippen molar-refractivity contribution in [3.05, 3.63) is 53.1 Å². The van der Waals surface area contributed by atoms with Crippen LogP contribution in [0.4, 0.5) is 0 Å². The highest BCUT2D eigenvalue weighted by Gasteiger charge is 2.28. The quantitative estimate of drug-likeness (QED) is 0.399. The van der Waals surface area contributed by atoms with Gasteiger partial charge in [-0.3, -0.25) is 4.79 Å². The summed E-state index contributed by atoms with van der Waals surface area (Å²) in [5, 5.41) is 18.7. The number of aryl methyl sites for hydroxylation is 1. The largest absolute Gasteiger partial charge is 0.494 e. The predicted octanol–water partition coefficient (Wildman–Crippen LogP) is 3.89. The molecule has 1 aliphatic carbocycles. The minimum Gasteiger partial charge on any atom is -0.494 e. The second kappa shape index (κ2) is 10.9. The van der Waals surface area contributed by atoms with Crippen molar-refractivity contribution in [2.24, 2.45) is 5.73 Å². The summed E-state index contributed by atoms with van der Waals surface area (Å²) in [6.45, 7) is 2.32. The molecule has 0 spiro atoms. The van der Waals surface area contributed by atoms with Crippen LogP contribution >= 0.6 is 12.4 Å². The molecule has 0 aromatic heterocycles. The van der Waals surface area contributed by atoms with Gasteiger partial charge in [0.15, 0.2) is 5.78 Å². The molecule has 30 heavy (non-hydrogen) atoms. The number of aliphatic hydroxyl groups excluding tert-OH is 2. The van der Waals surface area contributed by atoms with E-state index in [4.69, 9.17) is 10.5 Å². The third-order valence-corrected chi connectivity index (χ3v) is 5.66. The van der Waals surface area contributed by atoms with E-state index in [0.29, 0.717) is 30.6 Å². The summed E-state index contributed by atoms with van der Waals surface area (Å²) >= 11 is 0. The van der Waals surface area contributed by atoms with Crippen molar-refractivity contribution in [1.29, 1.82) is 0 Å². The van der Waals surface area contributed by atoms with E-state index in [1.807, 2.05) is 36.4 Å². The van der Waals surface area contributed by atoms with Crippen LogP contribution < -0.4 is 10.5 Å². The monoisotopic (exact) mass is 433 g/mol. The van der Waals surface area contributed by atoms with Gasteiger partial charge >= 0.3 is 0 Å². The Kier molecular flexibility index (Phi) is 8.86. The summed E-state index contributed by atoms with van der Waals surface area (Å²) in [7, 11) is 0. The number of halogens is 1. The van der Waals surface area contributed by atoms with Crippen LogP contribution in [0.1, 0.15) is 60.5 Å². The number of carbonyl (C=O) groups is 1. The third-order valence-electron chi connectivity index (χ3n) is 5.66. The van der Waals surface area contributed by atoms with E-state index < -0.39 is 5.54 Å². The van der Waals surface area contributed by atoms with Crippen LogP contribution in [-0.2, 0) is 6.42 Å². The Bertz CT molecular complexity index is 864. The first-order valence-electron chi connectivity index (χ1n) is 10.5. The number of fused-ring (bicyclic) bond motifs is 3. The van der Waals surface area contributed by atoms with Gasteiger partial charge in [-0.05, 0) is 54.2 Å². The molecule has 0 unspecified atom stereocenters. The third kappa shape index (κ3) is 5.41. The number of hydrogen-bond acceptors (Lipinski definition) is 5. The van der Waals surface area contributed by atoms with Crippen LogP contribution in [0, 0.1) is 0 Å². The molecule has 0 atom stereocenters. The maximum atomic E-state index is 12.8. The standard InChI is InChI=1S/C24H31NO4.ClH/c1-2-3-4-5-12-29-18-7-9-19-21-13-17(10-11-24(25,15-26)16-27)6-8-20(21)23(28)22(19)14-18;/h6-9,13-14,26-27H,2-5,10-12,15-16,25H2,1H3;1H. The van der Waals surface area contributed by atoms with Gasteiger partial charge in [-0.25, -0.2) is 0 Å². The lowest BCUT2D eigenvalue weighted by Gasteiger charge is -2.24. The Hall–Kier alpha value is -1.92. The molecular formula is C24H32ClNO4. The SMILES string of the molecule is CCCCCCOc1ccc2c(c1)C(=O)c1ccc(CCC(N)(CO)CO)cc1-2.Cl. The number of nitrogens with two attached hydrogens (primary N) is 1. The minimum atomic E-state index is -0.990. The van der Waals surface area contributed by atoms with E-state index in [-0.39, 0.29) is 31.4 Å². The topological polar surface area (TPSA) is 92.8 Å². The van der Waals surface area contributed by atoms with Crippen LogP contribution in [0.5, 0.6) is 5.75 Å². The fraction of sp³-hybridized carbons (Fsp3) is 0.458. The molecule has 6 heteroatoms. The molecule has 3 rings (SSSR count). The highest BCUT2D eigenvalue weighted by atomic mass is 35.5. The molecule has 2 aromatic carbocycles. The summed E-state index contributed by atoms with van der Waals surface area (Å²) in [6.07, 6.45) is 5.67. The van der Waals surface area contributed by atoms with Gasteiger partial charge in [-0.15, -0.1) is 12.4 Å². The van der Waals surface area contributed by atoms with Crippen molar-refractivity contribution in [2.75, 3.05) is 19.8 Å². The van der Waals surface area contributed by atoms with E-state index in [0.717, 1.165) is 35.3 Å². The van der Waals surface area contributed by atoms with Crippen molar-refractivity contribution < 1.29 is 19.7 Å². The number of carbonyl (C=O) groups excluding carboxylic acids is 1. The summed E-state index contributed by atoms with van der Waals surface area (Å²) in [4.78, 5) is 12.8. The summed E-state index contributed by atoms with van der Waals surface area (Å²) in [5.41, 5.74) is 9.24. The van der Waals surface area contributed by atoms with Gasteiger partial charge in [0, 0.05) is 11.1 Å². The fourth-order valence-electron chi connectivity index (χ4n) is 3.67. The van der Waals surface area contributed by atoms with Gasteiger partial charge in [0.2, 0.25) is 0 Å². The zero-order chi connectivity index (χ0) is 20.9. The zero-order valence-electron chi connectivity index (χ0n) is 17.5. The predicted molar refractivity (Wildman–Crippen MR) is 122 cm³/mol. The first-order chi connectivity index (χ1) is 14.0. The molecule has 1 aliphatic rings. The van der Waals surface area contributed by atoms with Crippen molar-refractivity contribution in [2.45, 2.75) is 51.0 Å².